The Bertz CT molecular complexity index is 627. The number of hydrogen-bond acceptors (Lipinski definition) is 4. The maximum atomic E-state index is 14.0. The second-order valence-corrected chi connectivity index (χ2v) is 5.39. The number of carbonyl (C=O) groups is 1. The summed E-state index contributed by atoms with van der Waals surface area (Å²) in [5, 5.41) is 3.67. The summed E-state index contributed by atoms with van der Waals surface area (Å²) < 4.78 is 19.0. The van der Waals surface area contributed by atoms with Crippen LogP contribution in [0.5, 0.6) is 0 Å². The zero-order valence-electron chi connectivity index (χ0n) is 11.3. The van der Waals surface area contributed by atoms with Gasteiger partial charge in [0.2, 0.25) is 0 Å². The van der Waals surface area contributed by atoms with Crippen LogP contribution in [0.25, 0.3) is 11.5 Å². The predicted molar refractivity (Wildman–Crippen MR) is 68.2 cm³/mol. The van der Waals surface area contributed by atoms with E-state index in [0.717, 1.165) is 0 Å². The minimum absolute atomic E-state index is 0.00125. The molecule has 0 aliphatic heterocycles. The van der Waals surface area contributed by atoms with Crippen LogP contribution < -0.4 is 0 Å². The highest BCUT2D eigenvalue weighted by molar-refractivity contribution is 6.04. The fourth-order valence-corrected chi connectivity index (χ4v) is 1.71. The van der Waals surface area contributed by atoms with Crippen molar-refractivity contribution in [2.45, 2.75) is 27.7 Å². The minimum Gasteiger partial charge on any atom is -0.334 e. The van der Waals surface area contributed by atoms with Crippen molar-refractivity contribution in [3.8, 4) is 11.5 Å². The molecule has 2 aromatic rings. The third-order valence-electron chi connectivity index (χ3n) is 2.68. The van der Waals surface area contributed by atoms with Crippen molar-refractivity contribution < 1.29 is 13.7 Å². The van der Waals surface area contributed by atoms with Gasteiger partial charge in [0.25, 0.3) is 5.89 Å². The highest BCUT2D eigenvalue weighted by atomic mass is 19.1. The molecule has 0 N–H and O–H groups in total. The predicted octanol–water partition coefficient (Wildman–Crippen LogP) is 3.41. The number of rotatable bonds is 2. The van der Waals surface area contributed by atoms with E-state index in [1.165, 1.54) is 12.1 Å². The fraction of sp³-hybridized carbons (Fsp3) is 0.357. The van der Waals surface area contributed by atoms with Crippen LogP contribution in [0.3, 0.4) is 0 Å². The molecule has 1 aromatic heterocycles. The van der Waals surface area contributed by atoms with Crippen LogP contribution in [0.1, 0.15) is 37.0 Å². The first-order chi connectivity index (χ1) is 8.80. The Hall–Kier alpha value is -2.04. The van der Waals surface area contributed by atoms with Gasteiger partial charge in [0, 0.05) is 5.41 Å². The molecule has 0 aliphatic rings. The smallest absolute Gasteiger partial charge is 0.258 e. The number of aromatic nitrogens is 2. The van der Waals surface area contributed by atoms with Crippen LogP contribution in [0.2, 0.25) is 0 Å². The SMILES string of the molecule is Cc1noc(-c2cccc(F)c2C(=O)C(C)(C)C)n1. The topological polar surface area (TPSA) is 56.0 Å². The summed E-state index contributed by atoms with van der Waals surface area (Å²) >= 11 is 0. The van der Waals surface area contributed by atoms with Gasteiger partial charge in [-0.25, -0.2) is 4.39 Å². The zero-order chi connectivity index (χ0) is 14.2. The molecular formula is C14H15FN2O2. The average Bonchev–Trinajstić information content (AvgIpc) is 2.73. The lowest BCUT2D eigenvalue weighted by molar-refractivity contribution is 0.0854. The zero-order valence-corrected chi connectivity index (χ0v) is 11.3. The molecule has 0 aliphatic carbocycles. The van der Waals surface area contributed by atoms with Crippen molar-refractivity contribution in [1.29, 1.82) is 0 Å². The maximum Gasteiger partial charge on any atom is 0.258 e. The molecule has 4 nitrogen and oxygen atoms in total. The quantitative estimate of drug-likeness (QED) is 0.778. The van der Waals surface area contributed by atoms with Crippen LogP contribution in [0.4, 0.5) is 4.39 Å². The number of ketones is 1. The lowest BCUT2D eigenvalue weighted by atomic mass is 9.84. The molecule has 1 heterocycles. The van der Waals surface area contributed by atoms with Gasteiger partial charge in [-0.05, 0) is 19.1 Å². The van der Waals surface area contributed by atoms with E-state index in [0.29, 0.717) is 11.4 Å². The van der Waals surface area contributed by atoms with Crippen molar-refractivity contribution in [2.24, 2.45) is 5.41 Å². The van der Waals surface area contributed by atoms with Gasteiger partial charge in [0.1, 0.15) is 5.82 Å². The summed E-state index contributed by atoms with van der Waals surface area (Å²) in [5.74, 6) is -0.275. The first kappa shape index (κ1) is 13.4. The Morgan fingerprint density at radius 2 is 2.00 bits per heavy atom. The van der Waals surface area contributed by atoms with E-state index in [1.54, 1.807) is 33.8 Å². The molecule has 0 bridgehead atoms. The maximum absolute atomic E-state index is 14.0. The molecular weight excluding hydrogens is 247 g/mol. The summed E-state index contributed by atoms with van der Waals surface area (Å²) in [6.45, 7) is 6.89. The molecule has 0 saturated carbocycles. The van der Waals surface area contributed by atoms with E-state index in [-0.39, 0.29) is 17.2 Å². The monoisotopic (exact) mass is 262 g/mol. The van der Waals surface area contributed by atoms with Gasteiger partial charge in [0.15, 0.2) is 11.6 Å². The number of benzene rings is 1. The van der Waals surface area contributed by atoms with Crippen molar-refractivity contribution in [1.82, 2.24) is 10.1 Å². The fourth-order valence-electron chi connectivity index (χ4n) is 1.71. The van der Waals surface area contributed by atoms with E-state index >= 15 is 0 Å². The van der Waals surface area contributed by atoms with Crippen molar-refractivity contribution in [3.05, 3.63) is 35.4 Å². The van der Waals surface area contributed by atoms with E-state index in [1.807, 2.05) is 0 Å². The lowest BCUT2D eigenvalue weighted by Crippen LogP contribution is -2.22. The van der Waals surface area contributed by atoms with Crippen LogP contribution >= 0.6 is 0 Å². The number of aryl methyl sites for hydroxylation is 1. The van der Waals surface area contributed by atoms with Gasteiger partial charge in [0.05, 0.1) is 11.1 Å². The third kappa shape index (κ3) is 2.54. The molecule has 0 spiro atoms. The Labute approximate surface area is 110 Å². The van der Waals surface area contributed by atoms with Crippen molar-refractivity contribution in [2.75, 3.05) is 0 Å². The van der Waals surface area contributed by atoms with Crippen LogP contribution in [0, 0.1) is 18.2 Å². The Kier molecular flexibility index (Phi) is 3.22. The Balaban J connectivity index is 2.63. The molecule has 0 radical (unpaired) electrons. The molecule has 5 heteroatoms. The second kappa shape index (κ2) is 4.57. The molecule has 19 heavy (non-hydrogen) atoms. The molecule has 1 aromatic carbocycles. The number of hydrogen-bond donors (Lipinski definition) is 0. The van der Waals surface area contributed by atoms with Crippen LogP contribution in [-0.2, 0) is 0 Å². The highest BCUT2D eigenvalue weighted by Crippen LogP contribution is 2.30. The molecule has 0 amide bonds. The summed E-state index contributed by atoms with van der Waals surface area (Å²) in [6.07, 6.45) is 0. The summed E-state index contributed by atoms with van der Waals surface area (Å²) in [5.41, 5.74) is -0.356. The Morgan fingerprint density at radius 3 is 2.53 bits per heavy atom. The molecule has 2 rings (SSSR count). The number of Topliss-reactive ketones (excluding diaryl/α,β-unsaturated/α-hetero) is 1. The van der Waals surface area contributed by atoms with Gasteiger partial charge in [-0.2, -0.15) is 4.98 Å². The normalized spacial score (nSPS) is 11.6. The number of nitrogens with zero attached hydrogens (tertiary/aromatic N) is 2. The molecule has 0 fully saturated rings. The number of halogens is 1. The first-order valence-corrected chi connectivity index (χ1v) is 5.94. The lowest BCUT2D eigenvalue weighted by Gasteiger charge is -2.18. The van der Waals surface area contributed by atoms with Gasteiger partial charge < -0.3 is 4.52 Å². The summed E-state index contributed by atoms with van der Waals surface area (Å²) in [4.78, 5) is 16.4. The van der Waals surface area contributed by atoms with Gasteiger partial charge in [-0.3, -0.25) is 4.79 Å². The molecule has 0 unspecified atom stereocenters. The third-order valence-corrected chi connectivity index (χ3v) is 2.68. The van der Waals surface area contributed by atoms with Crippen molar-refractivity contribution in [3.63, 3.8) is 0 Å². The van der Waals surface area contributed by atoms with E-state index in [4.69, 9.17) is 4.52 Å². The largest absolute Gasteiger partial charge is 0.334 e. The molecule has 0 atom stereocenters. The van der Waals surface area contributed by atoms with Crippen LogP contribution in [0.15, 0.2) is 22.7 Å². The van der Waals surface area contributed by atoms with Crippen LogP contribution in [-0.4, -0.2) is 15.9 Å². The van der Waals surface area contributed by atoms with Gasteiger partial charge in [-0.15, -0.1) is 0 Å². The average molecular weight is 262 g/mol. The molecule has 0 saturated heterocycles. The highest BCUT2D eigenvalue weighted by Gasteiger charge is 2.29. The van der Waals surface area contributed by atoms with Gasteiger partial charge in [-0.1, -0.05) is 32.0 Å². The minimum atomic E-state index is -0.688. The summed E-state index contributed by atoms with van der Waals surface area (Å²) in [7, 11) is 0. The molecule has 100 valence electrons. The summed E-state index contributed by atoms with van der Waals surface area (Å²) in [6, 6.07) is 4.38. The number of carbonyl (C=O) groups excluding carboxylic acids is 1. The van der Waals surface area contributed by atoms with E-state index in [9.17, 15) is 9.18 Å². The van der Waals surface area contributed by atoms with E-state index in [2.05, 4.69) is 10.1 Å². The Morgan fingerprint density at radius 1 is 1.32 bits per heavy atom. The second-order valence-electron chi connectivity index (χ2n) is 5.39. The van der Waals surface area contributed by atoms with E-state index < -0.39 is 11.2 Å². The first-order valence-electron chi connectivity index (χ1n) is 5.94. The standard InChI is InChI=1S/C14H15FN2O2/c1-8-16-13(19-17-8)9-6-5-7-10(15)11(9)12(18)14(2,3)4/h5-7H,1-4H3. The van der Waals surface area contributed by atoms with Crippen molar-refractivity contribution >= 4 is 5.78 Å². The van der Waals surface area contributed by atoms with Gasteiger partial charge >= 0.3 is 0 Å².